The zero-order valence-electron chi connectivity index (χ0n) is 12.3. The van der Waals surface area contributed by atoms with Crippen molar-refractivity contribution >= 4 is 18.2 Å². The molecule has 2 aromatic carbocycles. The lowest BCUT2D eigenvalue weighted by molar-refractivity contribution is 0.474. The quantitative estimate of drug-likeness (QED) is 0.779. The van der Waals surface area contributed by atoms with Crippen molar-refractivity contribution in [2.24, 2.45) is 5.92 Å². The molecule has 2 nitrogen and oxygen atoms in total. The Morgan fingerprint density at radius 2 is 1.43 bits per heavy atom. The van der Waals surface area contributed by atoms with Crippen LogP contribution >= 0.6 is 0 Å². The first kappa shape index (κ1) is 14.9. The lowest BCUT2D eigenvalue weighted by Gasteiger charge is -2.02. The van der Waals surface area contributed by atoms with Gasteiger partial charge >= 0.3 is 0 Å². The van der Waals surface area contributed by atoms with Gasteiger partial charge in [-0.2, -0.15) is 0 Å². The first-order valence-electron chi connectivity index (χ1n) is 7.03. The van der Waals surface area contributed by atoms with Crippen molar-refractivity contribution in [2.75, 3.05) is 0 Å². The Hall–Kier alpha value is -2.48. The predicted octanol–water partition coefficient (Wildman–Crippen LogP) is 4.94. The zero-order chi connectivity index (χ0) is 15.2. The Morgan fingerprint density at radius 1 is 0.810 bits per heavy atom. The van der Waals surface area contributed by atoms with Crippen LogP contribution in [0.25, 0.3) is 18.2 Å². The first-order valence-corrected chi connectivity index (χ1v) is 7.03. The summed E-state index contributed by atoms with van der Waals surface area (Å²) in [7, 11) is 0. The molecule has 2 heteroatoms. The summed E-state index contributed by atoms with van der Waals surface area (Å²) < 4.78 is 0. The third-order valence-corrected chi connectivity index (χ3v) is 3.07. The largest absolute Gasteiger partial charge is 0.508 e. The van der Waals surface area contributed by atoms with Gasteiger partial charge in [-0.25, -0.2) is 0 Å². The highest BCUT2D eigenvalue weighted by atomic mass is 16.3. The molecule has 108 valence electrons. The molecule has 2 aromatic rings. The number of allylic oxidation sites excluding steroid dienone is 1. The van der Waals surface area contributed by atoms with Crippen LogP contribution in [0, 0.1) is 5.92 Å². The molecule has 0 bridgehead atoms. The SMILES string of the molecule is CC(C)/C=C/c1cc(/C=C/c2ccc(O)cc2)ccc1O. The van der Waals surface area contributed by atoms with Gasteiger partial charge in [0.15, 0.2) is 0 Å². The van der Waals surface area contributed by atoms with Crippen molar-refractivity contribution in [1.82, 2.24) is 0 Å². The maximum Gasteiger partial charge on any atom is 0.122 e. The van der Waals surface area contributed by atoms with E-state index in [0.29, 0.717) is 5.92 Å². The summed E-state index contributed by atoms with van der Waals surface area (Å²) in [5.74, 6) is 0.993. The van der Waals surface area contributed by atoms with Crippen molar-refractivity contribution in [1.29, 1.82) is 0 Å². The molecule has 0 spiro atoms. The maximum atomic E-state index is 9.86. The van der Waals surface area contributed by atoms with Crippen LogP contribution in [0.2, 0.25) is 0 Å². The van der Waals surface area contributed by atoms with E-state index in [4.69, 9.17) is 0 Å². The van der Waals surface area contributed by atoms with Gasteiger partial charge in [-0.15, -0.1) is 0 Å². The standard InChI is InChI=1S/C19H20O2/c1-14(2)3-9-17-13-16(8-12-19(17)21)5-4-15-6-10-18(20)11-7-15/h3-14,20-21H,1-2H3/b5-4+,9-3+. The molecule has 2 rings (SSSR count). The molecule has 0 radical (unpaired) electrons. The summed E-state index contributed by atoms with van der Waals surface area (Å²) in [6.45, 7) is 4.20. The van der Waals surface area contributed by atoms with Gasteiger partial charge in [0.1, 0.15) is 11.5 Å². The Labute approximate surface area is 125 Å². The third-order valence-electron chi connectivity index (χ3n) is 3.07. The summed E-state index contributed by atoms with van der Waals surface area (Å²) in [4.78, 5) is 0. The van der Waals surface area contributed by atoms with E-state index in [9.17, 15) is 10.2 Å². The van der Waals surface area contributed by atoms with Crippen molar-refractivity contribution < 1.29 is 10.2 Å². The van der Waals surface area contributed by atoms with Gasteiger partial charge in [-0.1, -0.05) is 56.4 Å². The van der Waals surface area contributed by atoms with Crippen LogP contribution in [0.3, 0.4) is 0 Å². The van der Waals surface area contributed by atoms with Crippen molar-refractivity contribution in [3.05, 3.63) is 65.2 Å². The van der Waals surface area contributed by atoms with E-state index < -0.39 is 0 Å². The maximum absolute atomic E-state index is 9.86. The van der Waals surface area contributed by atoms with Gasteiger partial charge in [0.2, 0.25) is 0 Å². The van der Waals surface area contributed by atoms with E-state index in [-0.39, 0.29) is 11.5 Å². The molecule has 0 aliphatic rings. The summed E-state index contributed by atoms with van der Waals surface area (Å²) in [5, 5.41) is 19.1. The van der Waals surface area contributed by atoms with Gasteiger partial charge in [0, 0.05) is 5.56 Å². The minimum Gasteiger partial charge on any atom is -0.508 e. The molecule has 0 saturated heterocycles. The average Bonchev–Trinajstić information content (AvgIpc) is 2.46. The number of rotatable bonds is 4. The zero-order valence-corrected chi connectivity index (χ0v) is 12.3. The van der Waals surface area contributed by atoms with Crippen LogP contribution in [0.5, 0.6) is 11.5 Å². The second-order valence-electron chi connectivity index (χ2n) is 5.35. The number of phenolic OH excluding ortho intramolecular Hbond substituents is 2. The second-order valence-corrected chi connectivity index (χ2v) is 5.35. The lowest BCUT2D eigenvalue weighted by Crippen LogP contribution is -1.81. The van der Waals surface area contributed by atoms with Crippen LogP contribution in [0.15, 0.2) is 48.5 Å². The van der Waals surface area contributed by atoms with E-state index in [1.54, 1.807) is 18.2 Å². The van der Waals surface area contributed by atoms with Crippen LogP contribution in [0.4, 0.5) is 0 Å². The molecular weight excluding hydrogens is 260 g/mol. The highest BCUT2D eigenvalue weighted by Gasteiger charge is 1.98. The monoisotopic (exact) mass is 280 g/mol. The fourth-order valence-electron chi connectivity index (χ4n) is 1.88. The molecule has 0 aromatic heterocycles. The van der Waals surface area contributed by atoms with Crippen LogP contribution in [-0.4, -0.2) is 10.2 Å². The average molecular weight is 280 g/mol. The van der Waals surface area contributed by atoms with Gasteiger partial charge in [0.05, 0.1) is 0 Å². The normalized spacial score (nSPS) is 11.8. The molecule has 0 heterocycles. The van der Waals surface area contributed by atoms with Crippen molar-refractivity contribution in [3.8, 4) is 11.5 Å². The molecule has 0 saturated carbocycles. The highest BCUT2D eigenvalue weighted by molar-refractivity contribution is 5.72. The Balaban J connectivity index is 2.20. The molecule has 0 aliphatic carbocycles. The van der Waals surface area contributed by atoms with Crippen LogP contribution in [-0.2, 0) is 0 Å². The van der Waals surface area contributed by atoms with E-state index in [1.807, 2.05) is 42.5 Å². The molecule has 0 unspecified atom stereocenters. The van der Waals surface area contributed by atoms with Gasteiger partial charge < -0.3 is 10.2 Å². The fraction of sp³-hybridized carbons (Fsp3) is 0.158. The Bertz CT molecular complexity index is 650. The molecule has 2 N–H and O–H groups in total. The molecule has 0 amide bonds. The minimum absolute atomic E-state index is 0.262. The molecule has 21 heavy (non-hydrogen) atoms. The minimum atomic E-state index is 0.262. The van der Waals surface area contributed by atoms with Gasteiger partial charge in [0.25, 0.3) is 0 Å². The lowest BCUT2D eigenvalue weighted by atomic mass is 10.1. The number of aromatic hydroxyl groups is 2. The topological polar surface area (TPSA) is 40.5 Å². The number of hydrogen-bond acceptors (Lipinski definition) is 2. The van der Waals surface area contributed by atoms with E-state index in [2.05, 4.69) is 19.9 Å². The molecule has 0 fully saturated rings. The molecular formula is C19H20O2. The summed E-state index contributed by atoms with van der Waals surface area (Å²) in [5.41, 5.74) is 2.85. The first-order chi connectivity index (χ1) is 10.0. The Kier molecular flexibility index (Phi) is 4.83. The van der Waals surface area contributed by atoms with Crippen molar-refractivity contribution in [3.63, 3.8) is 0 Å². The van der Waals surface area contributed by atoms with E-state index in [1.165, 1.54) is 0 Å². The van der Waals surface area contributed by atoms with Gasteiger partial charge in [-0.05, 0) is 41.3 Å². The fourth-order valence-corrected chi connectivity index (χ4v) is 1.88. The molecule has 0 atom stereocenters. The summed E-state index contributed by atoms with van der Waals surface area (Å²) in [6.07, 6.45) is 7.96. The van der Waals surface area contributed by atoms with Crippen LogP contribution < -0.4 is 0 Å². The van der Waals surface area contributed by atoms with E-state index >= 15 is 0 Å². The molecule has 0 aliphatic heterocycles. The number of phenols is 2. The summed E-state index contributed by atoms with van der Waals surface area (Å²) >= 11 is 0. The summed E-state index contributed by atoms with van der Waals surface area (Å²) in [6, 6.07) is 12.6. The van der Waals surface area contributed by atoms with Crippen molar-refractivity contribution in [2.45, 2.75) is 13.8 Å². The smallest absolute Gasteiger partial charge is 0.122 e. The van der Waals surface area contributed by atoms with Gasteiger partial charge in [-0.3, -0.25) is 0 Å². The Morgan fingerprint density at radius 3 is 2.10 bits per heavy atom. The van der Waals surface area contributed by atoms with Crippen LogP contribution in [0.1, 0.15) is 30.5 Å². The number of benzene rings is 2. The third kappa shape index (κ3) is 4.53. The second kappa shape index (κ2) is 6.80. The highest BCUT2D eigenvalue weighted by Crippen LogP contribution is 2.22. The number of hydrogen-bond donors (Lipinski definition) is 2. The predicted molar refractivity (Wildman–Crippen MR) is 89.0 cm³/mol. The van der Waals surface area contributed by atoms with E-state index in [0.717, 1.165) is 16.7 Å².